The lowest BCUT2D eigenvalue weighted by atomic mass is 10.1. The second kappa shape index (κ2) is 11.1. The molecule has 0 spiro atoms. The predicted molar refractivity (Wildman–Crippen MR) is 115 cm³/mol. The Labute approximate surface area is 176 Å². The first-order valence-electron chi connectivity index (χ1n) is 9.46. The second-order valence-corrected chi connectivity index (χ2v) is 7.65. The normalized spacial score (nSPS) is 11.7. The number of carbonyl (C=O) groups is 2. The maximum Gasteiger partial charge on any atom is 0.242 e. The minimum Gasteiger partial charge on any atom is -0.354 e. The number of unbranched alkanes of at least 4 members (excludes halogenated alkanes) is 1. The number of nitrogens with zero attached hydrogens (tertiary/aromatic N) is 1. The van der Waals surface area contributed by atoms with Gasteiger partial charge >= 0.3 is 0 Å². The number of hydrogen-bond donors (Lipinski definition) is 1. The maximum absolute atomic E-state index is 13.0. The van der Waals surface area contributed by atoms with Gasteiger partial charge in [-0.2, -0.15) is 0 Å². The van der Waals surface area contributed by atoms with Crippen molar-refractivity contribution in [1.82, 2.24) is 10.2 Å². The molecule has 4 nitrogen and oxygen atoms in total. The van der Waals surface area contributed by atoms with Crippen LogP contribution in [0.25, 0.3) is 0 Å². The molecule has 2 rings (SSSR count). The van der Waals surface area contributed by atoms with Gasteiger partial charge in [-0.05, 0) is 48.7 Å². The largest absolute Gasteiger partial charge is 0.354 e. The number of hydrogen-bond acceptors (Lipinski definition) is 2. The van der Waals surface area contributed by atoms with Gasteiger partial charge in [-0.1, -0.05) is 60.8 Å². The summed E-state index contributed by atoms with van der Waals surface area (Å²) in [6.45, 7) is 4.76. The molecule has 0 saturated heterocycles. The smallest absolute Gasteiger partial charge is 0.242 e. The SMILES string of the molecule is CCCCNC(=O)[C@@H](C)N(Cc1ccc(Cl)cc1)C(=O)Cc1cccc(Cl)c1. The van der Waals surface area contributed by atoms with Crippen LogP contribution in [0.3, 0.4) is 0 Å². The number of amides is 2. The second-order valence-electron chi connectivity index (χ2n) is 6.78. The van der Waals surface area contributed by atoms with E-state index in [1.54, 1.807) is 36.1 Å². The molecule has 0 fully saturated rings. The zero-order valence-electron chi connectivity index (χ0n) is 16.3. The molecule has 0 radical (unpaired) electrons. The highest BCUT2D eigenvalue weighted by atomic mass is 35.5. The van der Waals surface area contributed by atoms with Crippen molar-refractivity contribution in [1.29, 1.82) is 0 Å². The van der Waals surface area contributed by atoms with Crippen molar-refractivity contribution in [3.05, 3.63) is 69.7 Å². The summed E-state index contributed by atoms with van der Waals surface area (Å²) >= 11 is 12.0. The van der Waals surface area contributed by atoms with Crippen molar-refractivity contribution in [2.75, 3.05) is 6.54 Å². The van der Waals surface area contributed by atoms with E-state index in [-0.39, 0.29) is 18.2 Å². The minimum absolute atomic E-state index is 0.129. The average Bonchev–Trinajstić information content (AvgIpc) is 2.67. The summed E-state index contributed by atoms with van der Waals surface area (Å²) in [4.78, 5) is 27.2. The molecule has 6 heteroatoms. The lowest BCUT2D eigenvalue weighted by Crippen LogP contribution is -2.48. The summed E-state index contributed by atoms with van der Waals surface area (Å²) < 4.78 is 0. The molecule has 1 N–H and O–H groups in total. The van der Waals surface area contributed by atoms with E-state index < -0.39 is 6.04 Å². The molecule has 0 aliphatic heterocycles. The van der Waals surface area contributed by atoms with E-state index in [1.807, 2.05) is 24.3 Å². The van der Waals surface area contributed by atoms with Crippen LogP contribution >= 0.6 is 23.2 Å². The minimum atomic E-state index is -0.584. The highest BCUT2D eigenvalue weighted by molar-refractivity contribution is 6.30. The van der Waals surface area contributed by atoms with Crippen LogP contribution in [0.15, 0.2) is 48.5 Å². The van der Waals surface area contributed by atoms with Gasteiger partial charge in [0.15, 0.2) is 0 Å². The molecule has 0 saturated carbocycles. The van der Waals surface area contributed by atoms with Gasteiger partial charge in [-0.3, -0.25) is 9.59 Å². The highest BCUT2D eigenvalue weighted by Gasteiger charge is 2.26. The maximum atomic E-state index is 13.0. The van der Waals surface area contributed by atoms with E-state index in [4.69, 9.17) is 23.2 Å². The van der Waals surface area contributed by atoms with Gasteiger partial charge in [0, 0.05) is 23.1 Å². The number of carbonyl (C=O) groups excluding carboxylic acids is 2. The molecular formula is C22H26Cl2N2O2. The van der Waals surface area contributed by atoms with Gasteiger partial charge in [-0.25, -0.2) is 0 Å². The first kappa shape index (κ1) is 22.3. The van der Waals surface area contributed by atoms with Gasteiger partial charge in [0.25, 0.3) is 0 Å². The van der Waals surface area contributed by atoms with Gasteiger partial charge < -0.3 is 10.2 Å². The Hall–Kier alpha value is -2.04. The average molecular weight is 421 g/mol. The van der Waals surface area contributed by atoms with Crippen LogP contribution in [0.2, 0.25) is 10.0 Å². The van der Waals surface area contributed by atoms with Crippen molar-refractivity contribution in [3.63, 3.8) is 0 Å². The Kier molecular flexibility index (Phi) is 8.81. The zero-order valence-corrected chi connectivity index (χ0v) is 17.8. The molecule has 0 aromatic heterocycles. The van der Waals surface area contributed by atoms with E-state index in [0.29, 0.717) is 23.1 Å². The predicted octanol–water partition coefficient (Wildman–Crippen LogP) is 4.87. The number of nitrogens with one attached hydrogen (secondary N) is 1. The molecule has 2 aromatic carbocycles. The molecule has 0 aliphatic carbocycles. The van der Waals surface area contributed by atoms with Gasteiger partial charge in [0.05, 0.1) is 6.42 Å². The standard InChI is InChI=1S/C22H26Cl2N2O2/c1-3-4-12-25-22(28)16(2)26(15-17-8-10-19(23)11-9-17)21(27)14-18-6-5-7-20(24)13-18/h5-11,13,16H,3-4,12,14-15H2,1-2H3,(H,25,28)/t16-/m1/s1. The fourth-order valence-electron chi connectivity index (χ4n) is 2.83. The van der Waals surface area contributed by atoms with Crippen LogP contribution in [0, 0.1) is 0 Å². The number of benzene rings is 2. The summed E-state index contributed by atoms with van der Waals surface area (Å²) in [5.74, 6) is -0.280. The molecule has 0 unspecified atom stereocenters. The van der Waals surface area contributed by atoms with E-state index in [1.165, 1.54) is 0 Å². The van der Waals surface area contributed by atoms with Gasteiger partial charge in [0.2, 0.25) is 11.8 Å². The van der Waals surface area contributed by atoms with Crippen molar-refractivity contribution in [2.45, 2.75) is 45.7 Å². The summed E-state index contributed by atoms with van der Waals surface area (Å²) in [6, 6.07) is 13.9. The van der Waals surface area contributed by atoms with Crippen molar-refractivity contribution in [3.8, 4) is 0 Å². The molecule has 2 amide bonds. The van der Waals surface area contributed by atoms with Crippen LogP contribution < -0.4 is 5.32 Å². The Morgan fingerprint density at radius 1 is 1.04 bits per heavy atom. The first-order chi connectivity index (χ1) is 13.4. The fourth-order valence-corrected chi connectivity index (χ4v) is 3.17. The molecule has 150 valence electrons. The molecule has 0 bridgehead atoms. The first-order valence-corrected chi connectivity index (χ1v) is 10.2. The third kappa shape index (κ3) is 6.84. The van der Waals surface area contributed by atoms with Crippen molar-refractivity contribution >= 4 is 35.0 Å². The lowest BCUT2D eigenvalue weighted by Gasteiger charge is -2.29. The van der Waals surface area contributed by atoms with E-state index in [2.05, 4.69) is 12.2 Å². The fraction of sp³-hybridized carbons (Fsp3) is 0.364. The third-order valence-corrected chi connectivity index (χ3v) is 4.99. The molecule has 2 aromatic rings. The molecular weight excluding hydrogens is 395 g/mol. The Morgan fingerprint density at radius 3 is 2.39 bits per heavy atom. The summed E-state index contributed by atoms with van der Waals surface area (Å²) in [5, 5.41) is 4.13. The van der Waals surface area contributed by atoms with Crippen LogP contribution in [0.5, 0.6) is 0 Å². The third-order valence-electron chi connectivity index (χ3n) is 4.51. The zero-order chi connectivity index (χ0) is 20.5. The lowest BCUT2D eigenvalue weighted by molar-refractivity contribution is -0.140. The number of halogens is 2. The molecule has 0 aliphatic rings. The quantitative estimate of drug-likeness (QED) is 0.588. The van der Waals surface area contributed by atoms with Gasteiger partial charge in [-0.15, -0.1) is 0 Å². The van der Waals surface area contributed by atoms with Crippen LogP contribution in [0.1, 0.15) is 37.8 Å². The van der Waals surface area contributed by atoms with E-state index in [9.17, 15) is 9.59 Å². The Morgan fingerprint density at radius 2 is 1.75 bits per heavy atom. The summed E-state index contributed by atoms with van der Waals surface area (Å²) in [7, 11) is 0. The molecule has 28 heavy (non-hydrogen) atoms. The van der Waals surface area contributed by atoms with Crippen molar-refractivity contribution < 1.29 is 9.59 Å². The Balaban J connectivity index is 2.17. The molecule has 0 heterocycles. The number of rotatable bonds is 9. The van der Waals surface area contributed by atoms with E-state index >= 15 is 0 Å². The van der Waals surface area contributed by atoms with E-state index in [0.717, 1.165) is 24.0 Å². The van der Waals surface area contributed by atoms with Crippen LogP contribution in [-0.4, -0.2) is 29.3 Å². The topological polar surface area (TPSA) is 49.4 Å². The monoisotopic (exact) mass is 420 g/mol. The summed E-state index contributed by atoms with van der Waals surface area (Å²) in [5.41, 5.74) is 1.73. The molecule has 1 atom stereocenters. The van der Waals surface area contributed by atoms with Gasteiger partial charge in [0.1, 0.15) is 6.04 Å². The van der Waals surface area contributed by atoms with Crippen LogP contribution in [-0.2, 0) is 22.6 Å². The van der Waals surface area contributed by atoms with Crippen LogP contribution in [0.4, 0.5) is 0 Å². The van der Waals surface area contributed by atoms with Crippen molar-refractivity contribution in [2.24, 2.45) is 0 Å². The Bertz CT molecular complexity index is 793. The summed E-state index contributed by atoms with van der Waals surface area (Å²) in [6.07, 6.45) is 2.09. The highest BCUT2D eigenvalue weighted by Crippen LogP contribution is 2.17.